The van der Waals surface area contributed by atoms with Gasteiger partial charge in [-0.2, -0.15) is 0 Å². The van der Waals surface area contributed by atoms with Gasteiger partial charge < -0.3 is 10.5 Å². The minimum atomic E-state index is -0.602. The van der Waals surface area contributed by atoms with Gasteiger partial charge in [-0.25, -0.2) is 0 Å². The molecule has 0 atom stereocenters. The van der Waals surface area contributed by atoms with Gasteiger partial charge in [-0.05, 0) is 30.7 Å². The second kappa shape index (κ2) is 9.41. The molecule has 1 aliphatic rings. The molecule has 0 saturated heterocycles. The van der Waals surface area contributed by atoms with Gasteiger partial charge in [-0.1, -0.05) is 45.4 Å². The summed E-state index contributed by atoms with van der Waals surface area (Å²) in [6, 6.07) is 8.08. The number of aromatic nitrogens is 1. The summed E-state index contributed by atoms with van der Waals surface area (Å²) in [7, 11) is 0. The summed E-state index contributed by atoms with van der Waals surface area (Å²) in [5.41, 5.74) is 6.12. The number of carbonyl (C=O) groups excluding carboxylic acids is 2. The molecular formula is C22H27N3O4. The minimum Gasteiger partial charge on any atom is -0.494 e. The average molecular weight is 397 g/mol. The van der Waals surface area contributed by atoms with Crippen molar-refractivity contribution in [1.29, 1.82) is 0 Å². The number of carbonyl (C=O) groups is 2. The first kappa shape index (κ1) is 20.6. The summed E-state index contributed by atoms with van der Waals surface area (Å²) in [6.45, 7) is 2.86. The SMILES string of the molecule is CCCCCCCCCOc1ccc(-n2c(N)c3c(cc2=O)C(=O)NC3=O)cc1. The van der Waals surface area contributed by atoms with Crippen molar-refractivity contribution in [3.05, 3.63) is 51.8 Å². The molecule has 1 aromatic carbocycles. The monoisotopic (exact) mass is 397 g/mol. The first-order valence-corrected chi connectivity index (χ1v) is 10.2. The largest absolute Gasteiger partial charge is 0.494 e. The summed E-state index contributed by atoms with van der Waals surface area (Å²) < 4.78 is 6.98. The van der Waals surface area contributed by atoms with E-state index < -0.39 is 17.4 Å². The Labute approximate surface area is 169 Å². The number of nitrogens with one attached hydrogen (secondary N) is 1. The number of nitrogens with two attached hydrogens (primary N) is 1. The number of unbranched alkanes of at least 4 members (excludes halogenated alkanes) is 6. The number of hydrogen-bond donors (Lipinski definition) is 2. The van der Waals surface area contributed by atoms with Crippen molar-refractivity contribution in [2.75, 3.05) is 12.3 Å². The van der Waals surface area contributed by atoms with Gasteiger partial charge in [-0.3, -0.25) is 24.3 Å². The molecule has 0 aliphatic carbocycles. The second-order valence-electron chi connectivity index (χ2n) is 7.24. The number of ether oxygens (including phenoxy) is 1. The standard InChI is InChI=1S/C22H27N3O4/c1-2-3-4-5-6-7-8-13-29-16-11-9-15(10-12-16)25-18(26)14-17-19(20(25)23)22(28)24-21(17)27/h9-12,14H,2-8,13,23H2,1H3,(H,24,27,28). The van der Waals surface area contributed by atoms with Crippen LogP contribution in [0.5, 0.6) is 5.75 Å². The minimum absolute atomic E-state index is 0.0170. The van der Waals surface area contributed by atoms with Crippen LogP contribution in [0.1, 0.15) is 72.6 Å². The first-order chi connectivity index (χ1) is 14.0. The Hall–Kier alpha value is -3.09. The van der Waals surface area contributed by atoms with E-state index in [4.69, 9.17) is 10.5 Å². The Balaban J connectivity index is 1.61. The van der Waals surface area contributed by atoms with E-state index in [1.165, 1.54) is 36.7 Å². The number of hydrogen-bond acceptors (Lipinski definition) is 5. The number of nitrogen functional groups attached to an aromatic ring is 1. The molecule has 7 heteroatoms. The summed E-state index contributed by atoms with van der Waals surface area (Å²) in [4.78, 5) is 36.1. The molecule has 0 unspecified atom stereocenters. The van der Waals surface area contributed by atoms with E-state index >= 15 is 0 Å². The van der Waals surface area contributed by atoms with Gasteiger partial charge in [-0.15, -0.1) is 0 Å². The van der Waals surface area contributed by atoms with E-state index in [1.54, 1.807) is 24.3 Å². The summed E-state index contributed by atoms with van der Waals surface area (Å²) in [6.07, 6.45) is 8.55. The van der Waals surface area contributed by atoms with Gasteiger partial charge in [0.05, 0.1) is 23.4 Å². The lowest BCUT2D eigenvalue weighted by Crippen LogP contribution is -2.24. The molecule has 0 bridgehead atoms. The Bertz CT molecular complexity index is 948. The maximum atomic E-state index is 12.4. The predicted octanol–water partition coefficient (Wildman–Crippen LogP) is 3.43. The number of fused-ring (bicyclic) bond motifs is 1. The summed E-state index contributed by atoms with van der Waals surface area (Å²) >= 11 is 0. The van der Waals surface area contributed by atoms with E-state index in [0.717, 1.165) is 18.9 Å². The van der Waals surface area contributed by atoms with Crippen LogP contribution in [0.2, 0.25) is 0 Å². The number of anilines is 1. The fourth-order valence-corrected chi connectivity index (χ4v) is 3.49. The molecule has 3 N–H and O–H groups in total. The molecule has 0 spiro atoms. The lowest BCUT2D eigenvalue weighted by molar-refractivity contribution is 0.0880. The highest BCUT2D eigenvalue weighted by atomic mass is 16.5. The second-order valence-corrected chi connectivity index (χ2v) is 7.24. The van der Waals surface area contributed by atoms with E-state index in [-0.39, 0.29) is 16.9 Å². The van der Waals surface area contributed by atoms with Crippen LogP contribution in [0.4, 0.5) is 5.82 Å². The highest BCUT2D eigenvalue weighted by molar-refractivity contribution is 6.23. The third-order valence-corrected chi connectivity index (χ3v) is 5.06. The van der Waals surface area contributed by atoms with Crippen LogP contribution in [0, 0.1) is 0 Å². The van der Waals surface area contributed by atoms with Crippen molar-refractivity contribution in [1.82, 2.24) is 9.88 Å². The summed E-state index contributed by atoms with van der Waals surface area (Å²) in [5.74, 6) is -0.533. The molecule has 1 aromatic heterocycles. The number of pyridine rings is 1. The smallest absolute Gasteiger partial charge is 0.262 e. The van der Waals surface area contributed by atoms with Crippen molar-refractivity contribution in [2.24, 2.45) is 0 Å². The van der Waals surface area contributed by atoms with Crippen molar-refractivity contribution >= 4 is 17.6 Å². The highest BCUT2D eigenvalue weighted by Crippen LogP contribution is 2.24. The Kier molecular flexibility index (Phi) is 6.69. The molecule has 2 heterocycles. The van der Waals surface area contributed by atoms with Crippen LogP contribution in [0.3, 0.4) is 0 Å². The fraction of sp³-hybridized carbons (Fsp3) is 0.409. The average Bonchev–Trinajstić information content (AvgIpc) is 2.98. The number of benzene rings is 1. The quantitative estimate of drug-likeness (QED) is 0.472. The zero-order chi connectivity index (χ0) is 20.8. The van der Waals surface area contributed by atoms with Gasteiger partial charge in [0, 0.05) is 6.07 Å². The number of amides is 2. The molecule has 7 nitrogen and oxygen atoms in total. The molecule has 2 aromatic rings. The van der Waals surface area contributed by atoms with Crippen molar-refractivity contribution in [3.63, 3.8) is 0 Å². The van der Waals surface area contributed by atoms with Gasteiger partial charge in [0.2, 0.25) is 0 Å². The van der Waals surface area contributed by atoms with Gasteiger partial charge >= 0.3 is 0 Å². The molecule has 0 fully saturated rings. The zero-order valence-electron chi connectivity index (χ0n) is 16.7. The molecule has 3 rings (SSSR count). The van der Waals surface area contributed by atoms with E-state index in [9.17, 15) is 14.4 Å². The van der Waals surface area contributed by atoms with Gasteiger partial charge in [0.15, 0.2) is 0 Å². The van der Waals surface area contributed by atoms with E-state index in [0.29, 0.717) is 18.0 Å². The third-order valence-electron chi connectivity index (χ3n) is 5.06. The van der Waals surface area contributed by atoms with Crippen LogP contribution < -0.4 is 21.3 Å². The predicted molar refractivity (Wildman–Crippen MR) is 112 cm³/mol. The maximum Gasteiger partial charge on any atom is 0.262 e. The van der Waals surface area contributed by atoms with Crippen molar-refractivity contribution in [3.8, 4) is 11.4 Å². The van der Waals surface area contributed by atoms with E-state index in [2.05, 4.69) is 12.2 Å². The molecule has 2 amide bonds. The lowest BCUT2D eigenvalue weighted by atomic mass is 10.1. The van der Waals surface area contributed by atoms with Gasteiger partial charge in [0.25, 0.3) is 17.4 Å². The van der Waals surface area contributed by atoms with Crippen LogP contribution in [0.25, 0.3) is 5.69 Å². The maximum absolute atomic E-state index is 12.4. The van der Waals surface area contributed by atoms with Crippen LogP contribution in [-0.4, -0.2) is 23.0 Å². The molecule has 29 heavy (non-hydrogen) atoms. The first-order valence-electron chi connectivity index (χ1n) is 10.2. The Morgan fingerprint density at radius 3 is 2.28 bits per heavy atom. The normalized spacial score (nSPS) is 12.7. The zero-order valence-corrected chi connectivity index (χ0v) is 16.7. The van der Waals surface area contributed by atoms with Gasteiger partial charge in [0.1, 0.15) is 11.6 Å². The molecule has 0 radical (unpaired) electrons. The van der Waals surface area contributed by atoms with Crippen molar-refractivity contribution < 1.29 is 14.3 Å². The van der Waals surface area contributed by atoms with Crippen LogP contribution in [-0.2, 0) is 0 Å². The number of nitrogens with zero attached hydrogens (tertiary/aromatic N) is 1. The number of imide groups is 1. The number of rotatable bonds is 10. The molecule has 1 aliphatic heterocycles. The Morgan fingerprint density at radius 1 is 0.931 bits per heavy atom. The molecule has 154 valence electrons. The van der Waals surface area contributed by atoms with E-state index in [1.807, 2.05) is 0 Å². The topological polar surface area (TPSA) is 103 Å². The van der Waals surface area contributed by atoms with Crippen LogP contribution >= 0.6 is 0 Å². The molecular weight excluding hydrogens is 370 g/mol. The molecule has 0 saturated carbocycles. The fourth-order valence-electron chi connectivity index (χ4n) is 3.49. The lowest BCUT2D eigenvalue weighted by Gasteiger charge is -2.13. The Morgan fingerprint density at radius 2 is 1.59 bits per heavy atom. The summed E-state index contributed by atoms with van der Waals surface area (Å²) in [5, 5.41) is 2.16. The van der Waals surface area contributed by atoms with Crippen LogP contribution in [0.15, 0.2) is 35.1 Å². The van der Waals surface area contributed by atoms with Crippen molar-refractivity contribution in [2.45, 2.75) is 51.9 Å². The third kappa shape index (κ3) is 4.67. The highest BCUT2D eigenvalue weighted by Gasteiger charge is 2.31.